The van der Waals surface area contributed by atoms with E-state index < -0.39 is 5.82 Å². The average Bonchev–Trinajstić information content (AvgIpc) is 2.91. The summed E-state index contributed by atoms with van der Waals surface area (Å²) >= 11 is 5.63. The van der Waals surface area contributed by atoms with E-state index in [0.29, 0.717) is 22.8 Å². The molecule has 1 aromatic rings. The Kier molecular flexibility index (Phi) is 4.55. The maximum absolute atomic E-state index is 13.4. The van der Waals surface area contributed by atoms with Gasteiger partial charge in [0, 0.05) is 12.7 Å². The molecule has 1 aromatic carbocycles. The number of nitrogens with zero attached hydrogens (tertiary/aromatic N) is 4. The summed E-state index contributed by atoms with van der Waals surface area (Å²) in [6, 6.07) is 6.39. The van der Waals surface area contributed by atoms with Crippen LogP contribution in [0, 0.1) is 17.1 Å². The van der Waals surface area contributed by atoms with Gasteiger partial charge in [-0.05, 0) is 29.8 Å². The molecule has 0 spiro atoms. The van der Waals surface area contributed by atoms with Gasteiger partial charge in [0.05, 0.1) is 10.6 Å². The van der Waals surface area contributed by atoms with Gasteiger partial charge in [0.15, 0.2) is 5.84 Å². The first-order valence-corrected chi connectivity index (χ1v) is 7.70. The summed E-state index contributed by atoms with van der Waals surface area (Å²) < 4.78 is 13.4. The van der Waals surface area contributed by atoms with Crippen molar-refractivity contribution in [1.29, 1.82) is 5.26 Å². The van der Waals surface area contributed by atoms with E-state index in [1.165, 1.54) is 17.1 Å². The predicted octanol–water partition coefficient (Wildman–Crippen LogP) is 2.47. The van der Waals surface area contributed by atoms with Crippen molar-refractivity contribution in [2.75, 3.05) is 6.54 Å². The molecule has 25 heavy (non-hydrogen) atoms. The van der Waals surface area contributed by atoms with E-state index in [1.807, 2.05) is 6.07 Å². The predicted molar refractivity (Wildman–Crippen MR) is 91.2 cm³/mol. The van der Waals surface area contributed by atoms with Gasteiger partial charge < -0.3 is 5.32 Å². The van der Waals surface area contributed by atoms with Gasteiger partial charge in [-0.3, -0.25) is 9.69 Å². The van der Waals surface area contributed by atoms with Crippen molar-refractivity contribution in [3.8, 4) is 6.07 Å². The lowest BCUT2D eigenvalue weighted by molar-refractivity contribution is -0.122. The van der Waals surface area contributed by atoms with E-state index in [1.54, 1.807) is 29.3 Å². The molecule has 2 aliphatic heterocycles. The van der Waals surface area contributed by atoms with Crippen molar-refractivity contribution in [3.63, 3.8) is 0 Å². The van der Waals surface area contributed by atoms with Gasteiger partial charge in [0.25, 0.3) is 0 Å². The molecule has 0 radical (unpaired) electrons. The molecule has 0 atom stereocenters. The maximum atomic E-state index is 13.4. The highest BCUT2D eigenvalue weighted by atomic mass is 35.5. The Bertz CT molecular complexity index is 884. The SMILES string of the molecule is C=C1N(CC(=O)NCc2ccc(Cl)c(F)c2)N=C2C=CC(C#N)=CN12. The number of amides is 1. The van der Waals surface area contributed by atoms with Gasteiger partial charge in [0.2, 0.25) is 5.91 Å². The van der Waals surface area contributed by atoms with Crippen molar-refractivity contribution in [2.45, 2.75) is 6.54 Å². The van der Waals surface area contributed by atoms with Crippen LogP contribution < -0.4 is 5.32 Å². The molecular formula is C17H13ClFN5O. The van der Waals surface area contributed by atoms with Gasteiger partial charge in [0.1, 0.15) is 24.3 Å². The highest BCUT2D eigenvalue weighted by Gasteiger charge is 2.28. The topological polar surface area (TPSA) is 71.7 Å². The lowest BCUT2D eigenvalue weighted by atomic mass is 10.2. The lowest BCUT2D eigenvalue weighted by Gasteiger charge is -2.20. The molecule has 6 nitrogen and oxygen atoms in total. The Morgan fingerprint density at radius 3 is 2.96 bits per heavy atom. The number of halogens is 2. The molecular weight excluding hydrogens is 345 g/mol. The van der Waals surface area contributed by atoms with Gasteiger partial charge in [-0.15, -0.1) is 0 Å². The van der Waals surface area contributed by atoms with Gasteiger partial charge in [-0.2, -0.15) is 10.4 Å². The van der Waals surface area contributed by atoms with E-state index in [4.69, 9.17) is 16.9 Å². The second kappa shape index (κ2) is 6.79. The second-order valence-electron chi connectivity index (χ2n) is 5.36. The Labute approximate surface area is 148 Å². The molecule has 1 amide bonds. The fraction of sp³-hybridized carbons (Fsp3) is 0.118. The van der Waals surface area contributed by atoms with E-state index in [9.17, 15) is 9.18 Å². The molecule has 2 heterocycles. The number of fused-ring (bicyclic) bond motifs is 1. The smallest absolute Gasteiger partial charge is 0.242 e. The summed E-state index contributed by atoms with van der Waals surface area (Å²) in [5.74, 6) is 0.224. The van der Waals surface area contributed by atoms with Crippen LogP contribution in [0.2, 0.25) is 5.02 Å². The number of hydrogen-bond donors (Lipinski definition) is 1. The number of amidine groups is 1. The summed E-state index contributed by atoms with van der Waals surface area (Å²) in [7, 11) is 0. The van der Waals surface area contributed by atoms with E-state index in [2.05, 4.69) is 17.0 Å². The van der Waals surface area contributed by atoms with Crippen molar-refractivity contribution in [1.82, 2.24) is 15.2 Å². The monoisotopic (exact) mass is 357 g/mol. The number of allylic oxidation sites excluding steroid dienone is 2. The Hall–Kier alpha value is -3.11. The zero-order valence-electron chi connectivity index (χ0n) is 13.0. The summed E-state index contributed by atoms with van der Waals surface area (Å²) in [5, 5.41) is 17.4. The highest BCUT2D eigenvalue weighted by Crippen LogP contribution is 2.23. The standard InChI is InChI=1S/C17H13ClFN5O/c1-11-23-9-13(7-20)3-5-16(23)22-24(11)10-17(25)21-8-12-2-4-14(18)15(19)6-12/h2-6,9H,1,8,10H2,(H,21,25). The minimum atomic E-state index is -0.531. The molecule has 0 aromatic heterocycles. The molecule has 0 bridgehead atoms. The van der Waals surface area contributed by atoms with Crippen LogP contribution in [0.3, 0.4) is 0 Å². The van der Waals surface area contributed by atoms with Gasteiger partial charge in [-0.25, -0.2) is 9.40 Å². The normalized spacial score (nSPS) is 15.5. The molecule has 0 saturated heterocycles. The average molecular weight is 358 g/mol. The molecule has 1 N–H and O–H groups in total. The first-order chi connectivity index (χ1) is 12.0. The van der Waals surface area contributed by atoms with Crippen LogP contribution in [0.15, 0.2) is 59.6 Å². The summed E-state index contributed by atoms with van der Waals surface area (Å²) in [6.07, 6.45) is 4.93. The summed E-state index contributed by atoms with van der Waals surface area (Å²) in [4.78, 5) is 13.7. The van der Waals surface area contributed by atoms with Crippen LogP contribution in [-0.2, 0) is 11.3 Å². The number of nitrogens with one attached hydrogen (secondary N) is 1. The van der Waals surface area contributed by atoms with Crippen LogP contribution in [0.5, 0.6) is 0 Å². The fourth-order valence-corrected chi connectivity index (χ4v) is 2.44. The van der Waals surface area contributed by atoms with Gasteiger partial charge in [-0.1, -0.05) is 24.2 Å². The largest absolute Gasteiger partial charge is 0.350 e. The van der Waals surface area contributed by atoms with Crippen LogP contribution in [-0.4, -0.2) is 28.2 Å². The Morgan fingerprint density at radius 1 is 1.44 bits per heavy atom. The quantitative estimate of drug-likeness (QED) is 0.898. The van der Waals surface area contributed by atoms with E-state index in [0.717, 1.165) is 0 Å². The number of rotatable bonds is 4. The number of carbonyl (C=O) groups excluding carboxylic acids is 1. The fourth-order valence-electron chi connectivity index (χ4n) is 2.32. The van der Waals surface area contributed by atoms with Crippen LogP contribution >= 0.6 is 11.6 Å². The number of carbonyl (C=O) groups is 1. The van der Waals surface area contributed by atoms with Crippen LogP contribution in [0.1, 0.15) is 5.56 Å². The third kappa shape index (κ3) is 3.54. The first-order valence-electron chi connectivity index (χ1n) is 7.33. The number of nitriles is 1. The zero-order chi connectivity index (χ0) is 18.0. The maximum Gasteiger partial charge on any atom is 0.242 e. The second-order valence-corrected chi connectivity index (χ2v) is 5.76. The zero-order valence-corrected chi connectivity index (χ0v) is 13.8. The van der Waals surface area contributed by atoms with Crippen molar-refractivity contribution >= 4 is 23.3 Å². The van der Waals surface area contributed by atoms with Crippen LogP contribution in [0.25, 0.3) is 0 Å². The molecule has 0 aliphatic carbocycles. The molecule has 2 aliphatic rings. The Balaban J connectivity index is 1.59. The van der Waals surface area contributed by atoms with Crippen molar-refractivity contribution in [2.24, 2.45) is 5.10 Å². The summed E-state index contributed by atoms with van der Waals surface area (Å²) in [6.45, 7) is 4.02. The van der Waals surface area contributed by atoms with E-state index >= 15 is 0 Å². The molecule has 126 valence electrons. The number of hydrogen-bond acceptors (Lipinski definition) is 5. The molecule has 0 saturated carbocycles. The summed E-state index contributed by atoms with van der Waals surface area (Å²) in [5.41, 5.74) is 1.07. The molecule has 3 rings (SSSR count). The molecule has 8 heteroatoms. The number of benzene rings is 1. The third-order valence-electron chi connectivity index (χ3n) is 3.62. The Morgan fingerprint density at radius 2 is 2.24 bits per heavy atom. The lowest BCUT2D eigenvalue weighted by Crippen LogP contribution is -2.34. The van der Waals surface area contributed by atoms with E-state index in [-0.39, 0.29) is 24.0 Å². The minimum absolute atomic E-state index is 0.0359. The highest BCUT2D eigenvalue weighted by molar-refractivity contribution is 6.30. The van der Waals surface area contributed by atoms with Crippen molar-refractivity contribution < 1.29 is 9.18 Å². The molecule has 0 unspecified atom stereocenters. The number of hydrazone groups is 1. The first kappa shape index (κ1) is 16.7. The molecule has 0 fully saturated rings. The third-order valence-corrected chi connectivity index (χ3v) is 3.93. The van der Waals surface area contributed by atoms with Gasteiger partial charge >= 0.3 is 0 Å². The van der Waals surface area contributed by atoms with Crippen molar-refractivity contribution in [3.05, 3.63) is 70.9 Å². The van der Waals surface area contributed by atoms with Crippen LogP contribution in [0.4, 0.5) is 4.39 Å². The minimum Gasteiger partial charge on any atom is -0.350 e.